The summed E-state index contributed by atoms with van der Waals surface area (Å²) in [5.74, 6) is -0.218. The van der Waals surface area contributed by atoms with E-state index in [1.165, 1.54) is 22.9 Å². The Bertz CT molecular complexity index is 1150. The molecule has 174 valence electrons. The number of rotatable bonds is 10. The van der Waals surface area contributed by atoms with Crippen LogP contribution in [0.3, 0.4) is 0 Å². The zero-order chi connectivity index (χ0) is 24.0. The molecule has 0 aliphatic heterocycles. The molecule has 0 unspecified atom stereocenters. The van der Waals surface area contributed by atoms with Crippen LogP contribution in [0.5, 0.6) is 0 Å². The Balaban J connectivity index is 1.80. The summed E-state index contributed by atoms with van der Waals surface area (Å²) in [6.07, 6.45) is 6.38. The number of hydrogen-bond donors (Lipinski definition) is 6. The first-order valence-electron chi connectivity index (χ1n) is 10.6. The number of hydrogen-bond acceptors (Lipinski definition) is 7. The lowest BCUT2D eigenvalue weighted by Crippen LogP contribution is -2.35. The standard InChI is InChI=1S/C23H29N7O3/c1-14(10-18(31)8-9-24)19-12-28-22(29-17-6-7-17)23(33)30(19)13-20(32)27-11-15-2-4-16(5-3-15)21(25)26/h2-5,8,10,12,17,31H,6-7,9,11,13,24H2,1H3,(H3,25,26)(H,27,32)(H,28,29)/b14-10+,18-8+. The molecule has 1 fully saturated rings. The van der Waals surface area contributed by atoms with Crippen molar-refractivity contribution in [1.82, 2.24) is 14.9 Å². The van der Waals surface area contributed by atoms with Crippen molar-refractivity contribution >= 4 is 23.1 Å². The molecule has 1 amide bonds. The second-order valence-electron chi connectivity index (χ2n) is 7.88. The maximum atomic E-state index is 13.1. The molecule has 1 aromatic heterocycles. The van der Waals surface area contributed by atoms with Gasteiger partial charge in [0.1, 0.15) is 18.1 Å². The van der Waals surface area contributed by atoms with Crippen molar-refractivity contribution in [2.24, 2.45) is 11.5 Å². The number of allylic oxidation sites excluding steroid dienone is 2. The highest BCUT2D eigenvalue weighted by Gasteiger charge is 2.24. The predicted octanol–water partition coefficient (Wildman–Crippen LogP) is 1.22. The highest BCUT2D eigenvalue weighted by atomic mass is 16.3. The minimum atomic E-state index is -0.407. The zero-order valence-electron chi connectivity index (χ0n) is 18.5. The summed E-state index contributed by atoms with van der Waals surface area (Å²) >= 11 is 0. The summed E-state index contributed by atoms with van der Waals surface area (Å²) in [6.45, 7) is 1.93. The third-order valence-electron chi connectivity index (χ3n) is 5.12. The van der Waals surface area contributed by atoms with Crippen LogP contribution in [-0.2, 0) is 17.9 Å². The summed E-state index contributed by atoms with van der Waals surface area (Å²) in [5, 5.41) is 23.3. The number of nitrogen functional groups attached to an aromatic ring is 1. The van der Waals surface area contributed by atoms with Gasteiger partial charge in [0.2, 0.25) is 5.91 Å². The fraction of sp³-hybridized carbons (Fsp3) is 0.304. The molecule has 1 aromatic carbocycles. The molecule has 1 aliphatic carbocycles. The van der Waals surface area contributed by atoms with E-state index in [4.69, 9.17) is 16.9 Å². The van der Waals surface area contributed by atoms with Crippen molar-refractivity contribution < 1.29 is 9.90 Å². The highest BCUT2D eigenvalue weighted by molar-refractivity contribution is 5.94. The molecular weight excluding hydrogens is 422 g/mol. The van der Waals surface area contributed by atoms with E-state index < -0.39 is 5.56 Å². The lowest BCUT2D eigenvalue weighted by molar-refractivity contribution is -0.121. The van der Waals surface area contributed by atoms with Crippen LogP contribution in [-0.4, -0.2) is 39.0 Å². The number of aromatic nitrogens is 2. The van der Waals surface area contributed by atoms with E-state index in [1.54, 1.807) is 31.2 Å². The molecule has 1 saturated carbocycles. The lowest BCUT2D eigenvalue weighted by Gasteiger charge is -2.15. The maximum absolute atomic E-state index is 13.1. The van der Waals surface area contributed by atoms with Crippen LogP contribution in [0, 0.1) is 5.41 Å². The number of amides is 1. The van der Waals surface area contributed by atoms with Crippen LogP contribution >= 0.6 is 0 Å². The number of benzene rings is 1. The quantitative estimate of drug-likeness (QED) is 0.136. The van der Waals surface area contributed by atoms with Gasteiger partial charge in [-0.2, -0.15) is 0 Å². The van der Waals surface area contributed by atoms with Crippen molar-refractivity contribution in [2.75, 3.05) is 11.9 Å². The molecule has 0 spiro atoms. The monoisotopic (exact) mass is 451 g/mol. The molecule has 10 nitrogen and oxygen atoms in total. The van der Waals surface area contributed by atoms with Gasteiger partial charge >= 0.3 is 0 Å². The second-order valence-corrected chi connectivity index (χ2v) is 7.88. The number of aliphatic hydroxyl groups is 1. The van der Waals surface area contributed by atoms with Gasteiger partial charge in [0.15, 0.2) is 5.82 Å². The third-order valence-corrected chi connectivity index (χ3v) is 5.12. The van der Waals surface area contributed by atoms with Crippen LogP contribution in [0.15, 0.2) is 53.2 Å². The van der Waals surface area contributed by atoms with Crippen LogP contribution in [0.1, 0.15) is 36.6 Å². The topological polar surface area (TPSA) is 172 Å². The van der Waals surface area contributed by atoms with Gasteiger partial charge in [-0.25, -0.2) is 4.98 Å². The summed E-state index contributed by atoms with van der Waals surface area (Å²) in [5.41, 5.74) is 12.9. The molecule has 0 saturated heterocycles. The number of anilines is 1. The average molecular weight is 452 g/mol. The molecule has 33 heavy (non-hydrogen) atoms. The molecule has 0 radical (unpaired) electrons. The van der Waals surface area contributed by atoms with Gasteiger partial charge in [0.05, 0.1) is 11.9 Å². The maximum Gasteiger partial charge on any atom is 0.294 e. The fourth-order valence-corrected chi connectivity index (χ4v) is 3.16. The molecule has 8 N–H and O–H groups in total. The van der Waals surface area contributed by atoms with Gasteiger partial charge in [-0.05, 0) is 43.1 Å². The largest absolute Gasteiger partial charge is 0.508 e. The summed E-state index contributed by atoms with van der Waals surface area (Å²) < 4.78 is 1.34. The number of aliphatic hydroxyl groups excluding tert-OH is 1. The number of amidine groups is 1. The van der Waals surface area contributed by atoms with Gasteiger partial charge in [0.25, 0.3) is 5.56 Å². The smallest absolute Gasteiger partial charge is 0.294 e. The summed E-state index contributed by atoms with van der Waals surface area (Å²) in [6, 6.07) is 7.20. The van der Waals surface area contributed by atoms with Crippen molar-refractivity contribution in [3.63, 3.8) is 0 Å². The van der Waals surface area contributed by atoms with Crippen molar-refractivity contribution in [3.05, 3.63) is 75.5 Å². The Morgan fingerprint density at radius 1 is 1.33 bits per heavy atom. The molecule has 10 heteroatoms. The molecule has 3 rings (SSSR count). The zero-order valence-corrected chi connectivity index (χ0v) is 18.5. The first kappa shape index (κ1) is 23.7. The van der Waals surface area contributed by atoms with Crippen LogP contribution in [0.2, 0.25) is 0 Å². The Morgan fingerprint density at radius 3 is 2.64 bits per heavy atom. The van der Waals surface area contributed by atoms with E-state index in [0.717, 1.165) is 18.4 Å². The van der Waals surface area contributed by atoms with E-state index in [0.29, 0.717) is 16.8 Å². The minimum Gasteiger partial charge on any atom is -0.508 e. The first-order valence-corrected chi connectivity index (χ1v) is 10.6. The summed E-state index contributed by atoms with van der Waals surface area (Å²) in [4.78, 5) is 30.0. The van der Waals surface area contributed by atoms with Crippen LogP contribution < -0.4 is 27.7 Å². The Kier molecular flexibility index (Phi) is 7.62. The Morgan fingerprint density at radius 2 is 2.03 bits per heavy atom. The SMILES string of the molecule is C/C(=C\C(O)=C/CN)c1cnc(NC2CC2)c(=O)n1CC(=O)NCc1ccc(C(=N)N)cc1. The van der Waals surface area contributed by atoms with Gasteiger partial charge in [-0.1, -0.05) is 24.3 Å². The van der Waals surface area contributed by atoms with Crippen molar-refractivity contribution in [3.8, 4) is 0 Å². The minimum absolute atomic E-state index is 0.0263. The molecule has 0 atom stereocenters. The van der Waals surface area contributed by atoms with E-state index >= 15 is 0 Å². The van der Waals surface area contributed by atoms with E-state index in [1.807, 2.05) is 0 Å². The Labute approximate surface area is 191 Å². The lowest BCUT2D eigenvalue weighted by atomic mass is 10.1. The normalized spacial score (nSPS) is 14.1. The van der Waals surface area contributed by atoms with Crippen molar-refractivity contribution in [1.29, 1.82) is 5.41 Å². The number of carbonyl (C=O) groups is 1. The van der Waals surface area contributed by atoms with E-state index in [2.05, 4.69) is 15.6 Å². The van der Waals surface area contributed by atoms with Gasteiger partial charge < -0.3 is 27.2 Å². The van der Waals surface area contributed by atoms with Crippen molar-refractivity contribution in [2.45, 2.75) is 38.9 Å². The van der Waals surface area contributed by atoms with Crippen LogP contribution in [0.4, 0.5) is 5.82 Å². The van der Waals surface area contributed by atoms with E-state index in [-0.39, 0.29) is 49.0 Å². The van der Waals surface area contributed by atoms with Gasteiger partial charge in [-0.3, -0.25) is 19.6 Å². The van der Waals surface area contributed by atoms with Crippen LogP contribution in [0.25, 0.3) is 5.57 Å². The molecular formula is C23H29N7O3. The summed E-state index contributed by atoms with van der Waals surface area (Å²) in [7, 11) is 0. The van der Waals surface area contributed by atoms with Gasteiger partial charge in [0, 0.05) is 24.7 Å². The molecule has 2 aromatic rings. The molecule has 0 bridgehead atoms. The fourth-order valence-electron chi connectivity index (χ4n) is 3.16. The first-order chi connectivity index (χ1) is 15.8. The van der Waals surface area contributed by atoms with E-state index in [9.17, 15) is 14.7 Å². The second kappa shape index (κ2) is 10.6. The van der Waals surface area contributed by atoms with Gasteiger partial charge in [-0.15, -0.1) is 0 Å². The molecule has 1 aliphatic rings. The number of nitrogens with zero attached hydrogens (tertiary/aromatic N) is 2. The number of nitrogens with two attached hydrogens (primary N) is 2. The third kappa shape index (κ3) is 6.53. The number of carbonyl (C=O) groups excluding carboxylic acids is 1. The number of nitrogens with one attached hydrogen (secondary N) is 3. The Hall–Kier alpha value is -3.92. The molecule has 1 heterocycles. The predicted molar refractivity (Wildman–Crippen MR) is 128 cm³/mol. The highest BCUT2D eigenvalue weighted by Crippen LogP contribution is 2.23. The average Bonchev–Trinajstić information content (AvgIpc) is 3.59.